The monoisotopic (exact) mass is 236 g/mol. The van der Waals surface area contributed by atoms with Crippen molar-refractivity contribution in [1.29, 1.82) is 0 Å². The van der Waals surface area contributed by atoms with E-state index in [-0.39, 0.29) is 5.91 Å². The van der Waals surface area contributed by atoms with Crippen LogP contribution in [-0.4, -0.2) is 42.1 Å². The number of hydrazine groups is 1. The van der Waals surface area contributed by atoms with Crippen LogP contribution in [0.5, 0.6) is 0 Å². The summed E-state index contributed by atoms with van der Waals surface area (Å²) in [5.74, 6) is 4.71. The van der Waals surface area contributed by atoms with Crippen molar-refractivity contribution in [3.05, 3.63) is 29.6 Å². The number of morpholine rings is 1. The lowest BCUT2D eigenvalue weighted by atomic mass is 10.2. The number of ether oxygens (including phenoxy) is 1. The number of rotatable bonds is 3. The molecule has 1 aliphatic heterocycles. The van der Waals surface area contributed by atoms with Crippen LogP contribution in [0.2, 0.25) is 0 Å². The van der Waals surface area contributed by atoms with Gasteiger partial charge in [-0.1, -0.05) is 6.07 Å². The van der Waals surface area contributed by atoms with E-state index < -0.39 is 0 Å². The minimum Gasteiger partial charge on any atom is -0.379 e. The van der Waals surface area contributed by atoms with Crippen molar-refractivity contribution in [2.45, 2.75) is 6.54 Å². The molecule has 1 aliphatic rings. The molecule has 0 unspecified atom stereocenters. The lowest BCUT2D eigenvalue weighted by Gasteiger charge is -2.26. The van der Waals surface area contributed by atoms with E-state index in [4.69, 9.17) is 10.6 Å². The van der Waals surface area contributed by atoms with Gasteiger partial charge in [-0.2, -0.15) is 0 Å². The third-order valence-corrected chi connectivity index (χ3v) is 2.66. The van der Waals surface area contributed by atoms with Gasteiger partial charge in [0.05, 0.1) is 18.9 Å². The van der Waals surface area contributed by atoms with Crippen LogP contribution in [0.25, 0.3) is 0 Å². The van der Waals surface area contributed by atoms with E-state index in [0.29, 0.717) is 5.69 Å². The first kappa shape index (κ1) is 12.0. The number of hydrogen-bond acceptors (Lipinski definition) is 5. The van der Waals surface area contributed by atoms with Crippen LogP contribution in [0.1, 0.15) is 16.2 Å². The van der Waals surface area contributed by atoms with E-state index in [0.717, 1.165) is 38.5 Å². The average molecular weight is 236 g/mol. The van der Waals surface area contributed by atoms with E-state index in [9.17, 15) is 4.79 Å². The van der Waals surface area contributed by atoms with Crippen molar-refractivity contribution in [1.82, 2.24) is 15.3 Å². The third kappa shape index (κ3) is 3.23. The van der Waals surface area contributed by atoms with E-state index in [1.807, 2.05) is 12.1 Å². The molecule has 1 saturated heterocycles. The second-order valence-electron chi connectivity index (χ2n) is 3.88. The summed E-state index contributed by atoms with van der Waals surface area (Å²) in [5, 5.41) is 0. The van der Waals surface area contributed by atoms with E-state index in [1.54, 1.807) is 6.07 Å². The first-order valence-electron chi connectivity index (χ1n) is 5.56. The molecular formula is C11H16N4O2. The number of hydrogen-bond donors (Lipinski definition) is 2. The quantitative estimate of drug-likeness (QED) is 0.421. The summed E-state index contributed by atoms with van der Waals surface area (Å²) in [6.45, 7) is 4.03. The molecule has 1 aromatic rings. The summed E-state index contributed by atoms with van der Waals surface area (Å²) < 4.78 is 5.27. The van der Waals surface area contributed by atoms with Gasteiger partial charge >= 0.3 is 0 Å². The van der Waals surface area contributed by atoms with Crippen molar-refractivity contribution in [3.8, 4) is 0 Å². The largest absolute Gasteiger partial charge is 0.379 e. The molecular weight excluding hydrogens is 220 g/mol. The molecule has 6 heteroatoms. The Hall–Kier alpha value is -1.50. The van der Waals surface area contributed by atoms with Gasteiger partial charge in [0.25, 0.3) is 5.91 Å². The van der Waals surface area contributed by atoms with Gasteiger partial charge < -0.3 is 4.74 Å². The Morgan fingerprint density at radius 3 is 2.94 bits per heavy atom. The fourth-order valence-corrected chi connectivity index (χ4v) is 1.76. The molecule has 2 rings (SSSR count). The van der Waals surface area contributed by atoms with Gasteiger partial charge in [0.15, 0.2) is 0 Å². The Kier molecular flexibility index (Phi) is 4.03. The zero-order valence-corrected chi connectivity index (χ0v) is 9.56. The molecule has 0 spiro atoms. The van der Waals surface area contributed by atoms with Gasteiger partial charge in [-0.3, -0.25) is 15.1 Å². The molecule has 0 radical (unpaired) electrons. The Morgan fingerprint density at radius 2 is 2.24 bits per heavy atom. The summed E-state index contributed by atoms with van der Waals surface area (Å²) in [4.78, 5) is 17.8. The molecule has 92 valence electrons. The molecule has 1 fully saturated rings. The zero-order valence-electron chi connectivity index (χ0n) is 9.56. The standard InChI is InChI=1S/C11H16N4O2/c12-14-11(16)10-3-1-2-9(13-10)8-15-4-6-17-7-5-15/h1-3H,4-8,12H2,(H,14,16). The second-order valence-corrected chi connectivity index (χ2v) is 3.88. The highest BCUT2D eigenvalue weighted by Gasteiger charge is 2.12. The number of nitrogens with one attached hydrogen (secondary N) is 1. The van der Waals surface area contributed by atoms with Crippen molar-refractivity contribution in [2.24, 2.45) is 5.84 Å². The molecule has 0 aromatic carbocycles. The maximum Gasteiger partial charge on any atom is 0.283 e. The molecule has 0 bridgehead atoms. The number of pyridine rings is 1. The highest BCUT2D eigenvalue weighted by molar-refractivity contribution is 5.91. The van der Waals surface area contributed by atoms with Gasteiger partial charge in [-0.25, -0.2) is 10.8 Å². The molecule has 3 N–H and O–H groups in total. The second kappa shape index (κ2) is 5.72. The average Bonchev–Trinajstić information content (AvgIpc) is 2.39. The summed E-state index contributed by atoms with van der Waals surface area (Å²) in [7, 11) is 0. The molecule has 17 heavy (non-hydrogen) atoms. The molecule has 2 heterocycles. The van der Waals surface area contributed by atoms with Crippen molar-refractivity contribution in [3.63, 3.8) is 0 Å². The first-order valence-corrected chi connectivity index (χ1v) is 5.56. The number of amides is 1. The third-order valence-electron chi connectivity index (χ3n) is 2.66. The predicted molar refractivity (Wildman–Crippen MR) is 62.0 cm³/mol. The highest BCUT2D eigenvalue weighted by atomic mass is 16.5. The lowest BCUT2D eigenvalue weighted by Crippen LogP contribution is -2.36. The van der Waals surface area contributed by atoms with E-state index in [2.05, 4.69) is 15.3 Å². The summed E-state index contributed by atoms with van der Waals surface area (Å²) in [5.41, 5.74) is 3.29. The van der Waals surface area contributed by atoms with E-state index >= 15 is 0 Å². The normalized spacial score (nSPS) is 16.8. The highest BCUT2D eigenvalue weighted by Crippen LogP contribution is 2.06. The number of carbonyl (C=O) groups excluding carboxylic acids is 1. The Morgan fingerprint density at radius 1 is 1.47 bits per heavy atom. The summed E-state index contributed by atoms with van der Waals surface area (Å²) in [6.07, 6.45) is 0. The Balaban J connectivity index is 2.02. The van der Waals surface area contributed by atoms with Crippen molar-refractivity contribution >= 4 is 5.91 Å². The minimum atomic E-state index is -0.367. The molecule has 1 amide bonds. The predicted octanol–water partition coefficient (Wildman–Crippen LogP) is -0.483. The van der Waals surface area contributed by atoms with Crippen LogP contribution in [0.4, 0.5) is 0 Å². The molecule has 1 aromatic heterocycles. The topological polar surface area (TPSA) is 80.5 Å². The van der Waals surface area contributed by atoms with Crippen LogP contribution in [0.15, 0.2) is 18.2 Å². The van der Waals surface area contributed by atoms with Gasteiger partial charge in [0, 0.05) is 19.6 Å². The maximum absolute atomic E-state index is 11.3. The van der Waals surface area contributed by atoms with E-state index in [1.165, 1.54) is 0 Å². The van der Waals surface area contributed by atoms with Gasteiger partial charge in [-0.15, -0.1) is 0 Å². The van der Waals surface area contributed by atoms with Crippen LogP contribution in [-0.2, 0) is 11.3 Å². The molecule has 0 atom stereocenters. The Bertz CT molecular complexity index is 391. The minimum absolute atomic E-state index is 0.346. The van der Waals surface area contributed by atoms with Crippen LogP contribution in [0.3, 0.4) is 0 Å². The van der Waals surface area contributed by atoms with Gasteiger partial charge in [0.2, 0.25) is 0 Å². The number of aromatic nitrogens is 1. The number of nitrogens with zero attached hydrogens (tertiary/aromatic N) is 2. The van der Waals surface area contributed by atoms with Gasteiger partial charge in [-0.05, 0) is 12.1 Å². The van der Waals surface area contributed by atoms with Crippen molar-refractivity contribution in [2.75, 3.05) is 26.3 Å². The smallest absolute Gasteiger partial charge is 0.283 e. The van der Waals surface area contributed by atoms with Crippen LogP contribution >= 0.6 is 0 Å². The molecule has 6 nitrogen and oxygen atoms in total. The molecule has 0 saturated carbocycles. The number of nitrogen functional groups attached to an aromatic ring is 1. The maximum atomic E-state index is 11.3. The molecule has 0 aliphatic carbocycles. The zero-order chi connectivity index (χ0) is 12.1. The van der Waals surface area contributed by atoms with Crippen molar-refractivity contribution < 1.29 is 9.53 Å². The van der Waals surface area contributed by atoms with Crippen LogP contribution < -0.4 is 11.3 Å². The SMILES string of the molecule is NNC(=O)c1cccc(CN2CCOCC2)n1. The first-order chi connectivity index (χ1) is 8.29. The Labute approximate surface area is 99.7 Å². The fraction of sp³-hybridized carbons (Fsp3) is 0.455. The van der Waals surface area contributed by atoms with Gasteiger partial charge in [0.1, 0.15) is 5.69 Å². The summed E-state index contributed by atoms with van der Waals surface area (Å²) in [6, 6.07) is 5.36. The fourth-order valence-electron chi connectivity index (χ4n) is 1.76. The lowest BCUT2D eigenvalue weighted by molar-refractivity contribution is 0.0336. The summed E-state index contributed by atoms with van der Waals surface area (Å²) >= 11 is 0. The number of nitrogens with two attached hydrogens (primary N) is 1. The van der Waals surface area contributed by atoms with Crippen LogP contribution in [0, 0.1) is 0 Å². The number of carbonyl (C=O) groups is 1.